The zero-order chi connectivity index (χ0) is 15.0. The van der Waals surface area contributed by atoms with Crippen LogP contribution in [0.2, 0.25) is 0 Å². The SMILES string of the molecule is O=S(=O)(Nc1ccc2sccc2c1)c1ccc(F)cc1Br. The highest BCUT2D eigenvalue weighted by Crippen LogP contribution is 2.28. The van der Waals surface area contributed by atoms with Gasteiger partial charge in [0.1, 0.15) is 10.7 Å². The second kappa shape index (κ2) is 5.40. The Labute approximate surface area is 133 Å². The van der Waals surface area contributed by atoms with Gasteiger partial charge in [0.2, 0.25) is 0 Å². The summed E-state index contributed by atoms with van der Waals surface area (Å²) in [5.41, 5.74) is 0.470. The van der Waals surface area contributed by atoms with Crippen LogP contribution in [0.3, 0.4) is 0 Å². The first-order chi connectivity index (χ1) is 9.95. The van der Waals surface area contributed by atoms with Crippen LogP contribution in [0.1, 0.15) is 0 Å². The van der Waals surface area contributed by atoms with E-state index in [-0.39, 0.29) is 9.37 Å². The van der Waals surface area contributed by atoms with Gasteiger partial charge in [-0.05, 0) is 69.2 Å². The first kappa shape index (κ1) is 14.5. The summed E-state index contributed by atoms with van der Waals surface area (Å²) in [6, 6.07) is 10.7. The third kappa shape index (κ3) is 2.95. The molecule has 0 aliphatic heterocycles. The van der Waals surface area contributed by atoms with Gasteiger partial charge in [-0.25, -0.2) is 12.8 Å². The van der Waals surface area contributed by atoms with Crippen molar-refractivity contribution in [3.63, 3.8) is 0 Å². The van der Waals surface area contributed by atoms with E-state index in [1.165, 1.54) is 6.07 Å². The Hall–Kier alpha value is -1.44. The number of sulfonamides is 1. The molecule has 108 valence electrons. The lowest BCUT2D eigenvalue weighted by atomic mass is 10.2. The Morgan fingerprint density at radius 1 is 1.10 bits per heavy atom. The fourth-order valence-corrected chi connectivity index (χ4v) is 4.80. The molecule has 1 aromatic heterocycles. The van der Waals surface area contributed by atoms with Crippen molar-refractivity contribution in [3.05, 3.63) is 58.1 Å². The molecule has 0 aliphatic rings. The minimum Gasteiger partial charge on any atom is -0.280 e. The lowest BCUT2D eigenvalue weighted by molar-refractivity contribution is 0.599. The number of anilines is 1. The summed E-state index contributed by atoms with van der Waals surface area (Å²) in [6.07, 6.45) is 0. The van der Waals surface area contributed by atoms with Gasteiger partial charge in [-0.2, -0.15) is 0 Å². The van der Waals surface area contributed by atoms with Crippen molar-refractivity contribution in [2.24, 2.45) is 0 Å². The monoisotopic (exact) mass is 385 g/mol. The van der Waals surface area contributed by atoms with Gasteiger partial charge in [-0.1, -0.05) is 0 Å². The van der Waals surface area contributed by atoms with Crippen LogP contribution in [0.15, 0.2) is 57.2 Å². The summed E-state index contributed by atoms with van der Waals surface area (Å²) in [7, 11) is -3.77. The molecule has 3 nitrogen and oxygen atoms in total. The molecule has 21 heavy (non-hydrogen) atoms. The molecule has 0 saturated carbocycles. The van der Waals surface area contributed by atoms with Crippen molar-refractivity contribution in [3.8, 4) is 0 Å². The van der Waals surface area contributed by atoms with E-state index in [2.05, 4.69) is 20.7 Å². The molecule has 1 heterocycles. The highest BCUT2D eigenvalue weighted by molar-refractivity contribution is 9.10. The van der Waals surface area contributed by atoms with Crippen molar-refractivity contribution in [2.45, 2.75) is 4.90 Å². The number of hydrogen-bond donors (Lipinski definition) is 1. The number of benzene rings is 2. The maximum atomic E-state index is 13.1. The molecule has 0 radical (unpaired) electrons. The van der Waals surface area contributed by atoms with Crippen molar-refractivity contribution in [1.82, 2.24) is 0 Å². The first-order valence-corrected chi connectivity index (χ1v) is 9.06. The molecule has 3 rings (SSSR count). The fraction of sp³-hybridized carbons (Fsp3) is 0. The molecular formula is C14H9BrFNO2S2. The standard InChI is InChI=1S/C14H9BrFNO2S2/c15-12-8-10(16)1-4-14(12)21(18,19)17-11-2-3-13-9(7-11)5-6-20-13/h1-8,17H. The Bertz CT molecular complexity index is 922. The third-order valence-corrected chi connectivity index (χ3v) is 6.14. The Balaban J connectivity index is 1.98. The predicted molar refractivity (Wildman–Crippen MR) is 86.7 cm³/mol. The second-order valence-corrected chi connectivity index (χ2v) is 7.81. The van der Waals surface area contributed by atoms with Crippen molar-refractivity contribution in [2.75, 3.05) is 4.72 Å². The van der Waals surface area contributed by atoms with E-state index >= 15 is 0 Å². The van der Waals surface area contributed by atoms with E-state index in [1.54, 1.807) is 23.5 Å². The minimum absolute atomic E-state index is 0.00526. The Morgan fingerprint density at radius 3 is 2.67 bits per heavy atom. The molecule has 0 atom stereocenters. The van der Waals surface area contributed by atoms with Crippen LogP contribution >= 0.6 is 27.3 Å². The van der Waals surface area contributed by atoms with Crippen LogP contribution in [0.5, 0.6) is 0 Å². The molecule has 1 N–H and O–H groups in total. The van der Waals surface area contributed by atoms with Gasteiger partial charge >= 0.3 is 0 Å². The lowest BCUT2D eigenvalue weighted by Gasteiger charge is -2.09. The molecule has 7 heteroatoms. The molecule has 0 unspecified atom stereocenters. The molecule has 0 aliphatic carbocycles. The summed E-state index contributed by atoms with van der Waals surface area (Å²) in [5.74, 6) is -0.500. The van der Waals surface area contributed by atoms with Crippen LogP contribution in [0, 0.1) is 5.82 Å². The summed E-state index contributed by atoms with van der Waals surface area (Å²) >= 11 is 4.66. The number of thiophene rings is 1. The second-order valence-electron chi connectivity index (χ2n) is 4.35. The van der Waals surface area contributed by atoms with E-state index in [9.17, 15) is 12.8 Å². The quantitative estimate of drug-likeness (QED) is 0.715. The van der Waals surface area contributed by atoms with Crippen LogP contribution in [-0.4, -0.2) is 8.42 Å². The summed E-state index contributed by atoms with van der Waals surface area (Å²) in [6.45, 7) is 0. The maximum Gasteiger partial charge on any atom is 0.263 e. The van der Waals surface area contributed by atoms with E-state index in [0.29, 0.717) is 5.69 Å². The lowest BCUT2D eigenvalue weighted by Crippen LogP contribution is -2.13. The molecule has 0 bridgehead atoms. The molecule has 0 saturated heterocycles. The average Bonchev–Trinajstić information content (AvgIpc) is 2.85. The van der Waals surface area contributed by atoms with Gasteiger partial charge in [-0.3, -0.25) is 4.72 Å². The smallest absolute Gasteiger partial charge is 0.263 e. The Morgan fingerprint density at radius 2 is 1.90 bits per heavy atom. The summed E-state index contributed by atoms with van der Waals surface area (Å²) in [5, 5.41) is 2.91. The third-order valence-electron chi connectivity index (χ3n) is 2.89. The predicted octanol–water partition coefficient (Wildman–Crippen LogP) is 4.60. The zero-order valence-corrected chi connectivity index (χ0v) is 13.7. The van der Waals surface area contributed by atoms with Crippen LogP contribution in [0.4, 0.5) is 10.1 Å². The molecule has 0 amide bonds. The fourth-order valence-electron chi connectivity index (χ4n) is 1.93. The van der Waals surface area contributed by atoms with Gasteiger partial charge < -0.3 is 0 Å². The number of nitrogens with one attached hydrogen (secondary N) is 1. The molecule has 2 aromatic carbocycles. The van der Waals surface area contributed by atoms with Crippen LogP contribution in [-0.2, 0) is 10.0 Å². The van der Waals surface area contributed by atoms with Crippen LogP contribution in [0.25, 0.3) is 10.1 Å². The van der Waals surface area contributed by atoms with Crippen molar-refractivity contribution in [1.29, 1.82) is 0 Å². The van der Waals surface area contributed by atoms with Crippen LogP contribution < -0.4 is 4.72 Å². The number of fused-ring (bicyclic) bond motifs is 1. The van der Waals surface area contributed by atoms with E-state index in [0.717, 1.165) is 22.2 Å². The number of halogens is 2. The molecular weight excluding hydrogens is 377 g/mol. The molecule has 0 spiro atoms. The minimum atomic E-state index is -3.77. The zero-order valence-electron chi connectivity index (χ0n) is 10.5. The van der Waals surface area contributed by atoms with Gasteiger partial charge in [0.05, 0.1) is 0 Å². The largest absolute Gasteiger partial charge is 0.280 e. The number of hydrogen-bond acceptors (Lipinski definition) is 3. The van der Waals surface area contributed by atoms with Gasteiger partial charge in [-0.15, -0.1) is 11.3 Å². The van der Waals surface area contributed by atoms with Gasteiger partial charge in [0.15, 0.2) is 0 Å². The normalized spacial score (nSPS) is 11.7. The van der Waals surface area contributed by atoms with E-state index in [4.69, 9.17) is 0 Å². The summed E-state index contributed by atoms with van der Waals surface area (Å²) < 4.78 is 41.5. The molecule has 3 aromatic rings. The first-order valence-electron chi connectivity index (χ1n) is 5.91. The number of rotatable bonds is 3. The van der Waals surface area contributed by atoms with Crippen molar-refractivity contribution >= 4 is 53.1 Å². The average molecular weight is 386 g/mol. The van der Waals surface area contributed by atoms with E-state index in [1.807, 2.05) is 17.5 Å². The Kier molecular flexibility index (Phi) is 3.73. The van der Waals surface area contributed by atoms with Crippen molar-refractivity contribution < 1.29 is 12.8 Å². The highest BCUT2D eigenvalue weighted by Gasteiger charge is 2.18. The molecule has 0 fully saturated rings. The summed E-state index contributed by atoms with van der Waals surface area (Å²) in [4.78, 5) is -0.00526. The highest BCUT2D eigenvalue weighted by atomic mass is 79.9. The maximum absolute atomic E-state index is 13.1. The van der Waals surface area contributed by atoms with Gasteiger partial charge in [0.25, 0.3) is 10.0 Å². The van der Waals surface area contributed by atoms with E-state index < -0.39 is 15.8 Å². The van der Waals surface area contributed by atoms with Gasteiger partial charge in [0, 0.05) is 14.9 Å². The topological polar surface area (TPSA) is 46.2 Å².